The summed E-state index contributed by atoms with van der Waals surface area (Å²) in [5.41, 5.74) is 3.20. The van der Waals surface area contributed by atoms with E-state index in [1.54, 1.807) is 60.7 Å². The van der Waals surface area contributed by atoms with Crippen LogP contribution in [0, 0.1) is 0 Å². The first-order valence-electron chi connectivity index (χ1n) is 8.26. The first-order chi connectivity index (χ1) is 13.1. The SMILES string of the molecule is O=C1c2ccccc2C(=O)N1c1cccc(-c2nc3cc(Cl)ccc3o2)c1. The standard InChI is InChI=1S/C21H11ClN2O3/c22-13-8-9-18-17(11-13)23-19(27-18)12-4-3-5-14(10-12)24-20(25)15-6-1-2-7-16(15)21(24)26/h1-11H. The number of aromatic nitrogens is 1. The molecule has 6 heteroatoms. The third-order valence-electron chi connectivity index (χ3n) is 4.49. The Labute approximate surface area is 158 Å². The van der Waals surface area contributed by atoms with Crippen LogP contribution in [0.3, 0.4) is 0 Å². The molecule has 1 aliphatic heterocycles. The maximum absolute atomic E-state index is 12.7. The van der Waals surface area contributed by atoms with Crippen molar-refractivity contribution in [2.75, 3.05) is 4.90 Å². The van der Waals surface area contributed by atoms with Crippen LogP contribution in [-0.4, -0.2) is 16.8 Å². The van der Waals surface area contributed by atoms with Crippen molar-refractivity contribution in [3.05, 3.63) is 82.9 Å². The number of oxazole rings is 1. The minimum atomic E-state index is -0.336. The fourth-order valence-corrected chi connectivity index (χ4v) is 3.39. The Kier molecular flexibility index (Phi) is 3.39. The van der Waals surface area contributed by atoms with Crippen molar-refractivity contribution in [1.29, 1.82) is 0 Å². The highest BCUT2D eigenvalue weighted by molar-refractivity contribution is 6.34. The Morgan fingerprint density at radius 1 is 0.852 bits per heavy atom. The summed E-state index contributed by atoms with van der Waals surface area (Å²) in [6, 6.07) is 19.0. The fraction of sp³-hybridized carbons (Fsp3) is 0. The van der Waals surface area contributed by atoms with Crippen LogP contribution in [0.15, 0.2) is 71.1 Å². The van der Waals surface area contributed by atoms with Crippen LogP contribution in [0.5, 0.6) is 0 Å². The average molecular weight is 375 g/mol. The molecule has 2 heterocycles. The van der Waals surface area contributed by atoms with Gasteiger partial charge in [-0.15, -0.1) is 0 Å². The zero-order chi connectivity index (χ0) is 18.5. The van der Waals surface area contributed by atoms with Crippen LogP contribution in [0.2, 0.25) is 5.02 Å². The molecule has 27 heavy (non-hydrogen) atoms. The lowest BCUT2D eigenvalue weighted by Gasteiger charge is -2.14. The number of imide groups is 1. The van der Waals surface area contributed by atoms with Crippen molar-refractivity contribution in [3.63, 3.8) is 0 Å². The zero-order valence-electron chi connectivity index (χ0n) is 13.8. The van der Waals surface area contributed by atoms with E-state index in [0.717, 1.165) is 0 Å². The van der Waals surface area contributed by atoms with Crippen LogP contribution in [0.4, 0.5) is 5.69 Å². The largest absolute Gasteiger partial charge is 0.436 e. The number of carbonyl (C=O) groups excluding carboxylic acids is 2. The molecular formula is C21H11ClN2O3. The number of nitrogens with zero attached hydrogens (tertiary/aromatic N) is 2. The quantitative estimate of drug-likeness (QED) is 0.466. The van der Waals surface area contributed by atoms with Gasteiger partial charge in [-0.3, -0.25) is 9.59 Å². The van der Waals surface area contributed by atoms with Crippen molar-refractivity contribution in [2.45, 2.75) is 0 Å². The molecule has 5 rings (SSSR count). The van der Waals surface area contributed by atoms with Gasteiger partial charge in [0, 0.05) is 10.6 Å². The summed E-state index contributed by atoms with van der Waals surface area (Å²) in [5, 5.41) is 0.571. The lowest BCUT2D eigenvalue weighted by atomic mass is 10.1. The topological polar surface area (TPSA) is 63.4 Å². The van der Waals surface area contributed by atoms with E-state index < -0.39 is 0 Å². The van der Waals surface area contributed by atoms with Gasteiger partial charge in [0.1, 0.15) is 5.52 Å². The number of carbonyl (C=O) groups is 2. The highest BCUT2D eigenvalue weighted by Crippen LogP contribution is 2.32. The molecule has 5 nitrogen and oxygen atoms in total. The minimum absolute atomic E-state index is 0.336. The minimum Gasteiger partial charge on any atom is -0.436 e. The molecule has 4 aromatic rings. The van der Waals surface area contributed by atoms with E-state index in [0.29, 0.717) is 44.4 Å². The van der Waals surface area contributed by atoms with Crippen molar-refractivity contribution < 1.29 is 14.0 Å². The van der Waals surface area contributed by atoms with E-state index in [1.165, 1.54) is 4.90 Å². The molecule has 0 aliphatic carbocycles. The van der Waals surface area contributed by atoms with Crippen molar-refractivity contribution in [2.24, 2.45) is 0 Å². The van der Waals surface area contributed by atoms with Gasteiger partial charge in [-0.25, -0.2) is 9.88 Å². The number of amides is 2. The summed E-state index contributed by atoms with van der Waals surface area (Å²) in [6.07, 6.45) is 0. The van der Waals surface area contributed by atoms with Crippen LogP contribution in [0.25, 0.3) is 22.6 Å². The van der Waals surface area contributed by atoms with E-state index in [4.69, 9.17) is 16.0 Å². The summed E-state index contributed by atoms with van der Waals surface area (Å²) >= 11 is 6.00. The predicted molar refractivity (Wildman–Crippen MR) is 102 cm³/mol. The van der Waals surface area contributed by atoms with Gasteiger partial charge in [-0.2, -0.15) is 0 Å². The van der Waals surface area contributed by atoms with Crippen molar-refractivity contribution >= 4 is 40.2 Å². The molecular weight excluding hydrogens is 364 g/mol. The molecule has 0 spiro atoms. The Hall–Kier alpha value is -3.44. The van der Waals surface area contributed by atoms with Crippen LogP contribution >= 0.6 is 11.6 Å². The van der Waals surface area contributed by atoms with Gasteiger partial charge in [0.05, 0.1) is 16.8 Å². The van der Waals surface area contributed by atoms with E-state index in [9.17, 15) is 9.59 Å². The van der Waals surface area contributed by atoms with Gasteiger partial charge in [0.2, 0.25) is 5.89 Å². The van der Waals surface area contributed by atoms with Gasteiger partial charge in [-0.05, 0) is 48.5 Å². The summed E-state index contributed by atoms with van der Waals surface area (Å²) in [5.74, 6) is -0.278. The lowest BCUT2D eigenvalue weighted by Crippen LogP contribution is -2.29. The van der Waals surface area contributed by atoms with E-state index in [-0.39, 0.29) is 11.8 Å². The maximum Gasteiger partial charge on any atom is 0.266 e. The van der Waals surface area contributed by atoms with Gasteiger partial charge in [-0.1, -0.05) is 29.8 Å². The number of benzene rings is 3. The summed E-state index contributed by atoms with van der Waals surface area (Å²) in [7, 11) is 0. The predicted octanol–water partition coefficient (Wildman–Crippen LogP) is 4.95. The Morgan fingerprint density at radius 2 is 1.59 bits per heavy atom. The Morgan fingerprint density at radius 3 is 2.33 bits per heavy atom. The first kappa shape index (κ1) is 15.8. The van der Waals surface area contributed by atoms with Gasteiger partial charge in [0.25, 0.3) is 11.8 Å². The highest BCUT2D eigenvalue weighted by atomic mass is 35.5. The van der Waals surface area contributed by atoms with E-state index in [2.05, 4.69) is 4.98 Å². The monoisotopic (exact) mass is 374 g/mol. The number of rotatable bonds is 2. The van der Waals surface area contributed by atoms with E-state index >= 15 is 0 Å². The Balaban J connectivity index is 1.58. The summed E-state index contributed by atoms with van der Waals surface area (Å²) in [4.78, 5) is 31.0. The summed E-state index contributed by atoms with van der Waals surface area (Å²) < 4.78 is 5.78. The molecule has 2 amide bonds. The molecule has 130 valence electrons. The van der Waals surface area contributed by atoms with Gasteiger partial charge in [0.15, 0.2) is 5.58 Å². The van der Waals surface area contributed by atoms with Gasteiger partial charge >= 0.3 is 0 Å². The van der Waals surface area contributed by atoms with E-state index in [1.807, 2.05) is 6.07 Å². The van der Waals surface area contributed by atoms with Gasteiger partial charge < -0.3 is 4.42 Å². The second-order valence-electron chi connectivity index (χ2n) is 6.17. The summed E-state index contributed by atoms with van der Waals surface area (Å²) in [6.45, 7) is 0. The molecule has 1 aliphatic rings. The third-order valence-corrected chi connectivity index (χ3v) is 4.73. The molecule has 0 fully saturated rings. The first-order valence-corrected chi connectivity index (χ1v) is 8.64. The molecule has 0 N–H and O–H groups in total. The number of halogens is 1. The molecule has 0 saturated heterocycles. The molecule has 0 atom stereocenters. The molecule has 0 radical (unpaired) electrons. The fourth-order valence-electron chi connectivity index (χ4n) is 3.23. The van der Waals surface area contributed by atoms with Crippen molar-refractivity contribution in [3.8, 4) is 11.5 Å². The van der Waals surface area contributed by atoms with Crippen molar-refractivity contribution in [1.82, 2.24) is 4.98 Å². The molecule has 1 aromatic heterocycles. The highest BCUT2D eigenvalue weighted by Gasteiger charge is 2.36. The van der Waals surface area contributed by atoms with Crippen LogP contribution < -0.4 is 4.90 Å². The third kappa shape index (κ3) is 2.44. The number of anilines is 1. The second kappa shape index (κ2) is 5.79. The normalized spacial score (nSPS) is 13.4. The average Bonchev–Trinajstić information content (AvgIpc) is 3.21. The second-order valence-corrected chi connectivity index (χ2v) is 6.61. The maximum atomic E-state index is 12.7. The molecule has 0 bridgehead atoms. The van der Waals surface area contributed by atoms with Crippen LogP contribution in [-0.2, 0) is 0 Å². The number of hydrogen-bond acceptors (Lipinski definition) is 4. The molecule has 0 saturated carbocycles. The zero-order valence-corrected chi connectivity index (χ0v) is 14.6. The smallest absolute Gasteiger partial charge is 0.266 e. The molecule has 0 unspecified atom stereocenters. The molecule has 3 aromatic carbocycles. The van der Waals surface area contributed by atoms with Crippen LogP contribution in [0.1, 0.15) is 20.7 Å². The number of hydrogen-bond donors (Lipinski definition) is 0. The number of fused-ring (bicyclic) bond motifs is 2. The Bertz CT molecular complexity index is 1210. The lowest BCUT2D eigenvalue weighted by molar-refractivity contribution is 0.0926.